The minimum absolute atomic E-state index is 0.00906. The van der Waals surface area contributed by atoms with Gasteiger partial charge >= 0.3 is 0 Å². The molecule has 0 radical (unpaired) electrons. The summed E-state index contributed by atoms with van der Waals surface area (Å²) in [6.45, 7) is 2.20. The third-order valence-corrected chi connectivity index (χ3v) is 3.63. The van der Waals surface area contributed by atoms with Gasteiger partial charge in [0, 0.05) is 25.1 Å². The molecule has 0 spiro atoms. The van der Waals surface area contributed by atoms with E-state index in [-0.39, 0.29) is 24.6 Å². The average Bonchev–Trinajstić information content (AvgIpc) is 2.73. The molecule has 2 N–H and O–H groups in total. The predicted molar refractivity (Wildman–Crippen MR) is 68.1 cm³/mol. The van der Waals surface area contributed by atoms with Crippen LogP contribution in [0.1, 0.15) is 18.9 Å². The molecule has 1 heterocycles. The first-order chi connectivity index (χ1) is 9.42. The molecule has 0 bridgehead atoms. The summed E-state index contributed by atoms with van der Waals surface area (Å²) in [4.78, 5) is 11.7. The number of benzene rings is 1. The first kappa shape index (κ1) is 14.9. The van der Waals surface area contributed by atoms with Gasteiger partial charge in [-0.3, -0.25) is 4.79 Å². The van der Waals surface area contributed by atoms with Crippen molar-refractivity contribution in [2.75, 3.05) is 13.2 Å². The molecule has 2 rings (SSSR count). The third-order valence-electron chi connectivity index (χ3n) is 3.63. The molecule has 110 valence electrons. The lowest BCUT2D eigenvalue weighted by molar-refractivity contribution is -0.122. The fraction of sp³-hybridized carbons (Fsp3) is 0.500. The van der Waals surface area contributed by atoms with Gasteiger partial charge in [-0.05, 0) is 13.0 Å². The molecule has 1 saturated heterocycles. The van der Waals surface area contributed by atoms with E-state index >= 15 is 0 Å². The van der Waals surface area contributed by atoms with Crippen LogP contribution in [0.5, 0.6) is 0 Å². The topological polar surface area (TPSA) is 58.6 Å². The molecular weight excluding hydrogens is 268 g/mol. The minimum Gasteiger partial charge on any atom is -0.385 e. The van der Waals surface area contributed by atoms with Crippen molar-refractivity contribution in [1.29, 1.82) is 0 Å². The molecule has 1 aliphatic heterocycles. The van der Waals surface area contributed by atoms with Crippen molar-refractivity contribution in [3.05, 3.63) is 35.4 Å². The number of carbonyl (C=O) groups excluding carboxylic acids is 1. The highest BCUT2D eigenvalue weighted by Crippen LogP contribution is 2.24. The van der Waals surface area contributed by atoms with Crippen molar-refractivity contribution in [2.45, 2.75) is 31.5 Å². The highest BCUT2D eigenvalue weighted by atomic mass is 19.2. The molecule has 1 amide bonds. The number of amides is 1. The van der Waals surface area contributed by atoms with Crippen LogP contribution in [0.25, 0.3) is 0 Å². The van der Waals surface area contributed by atoms with E-state index in [1.165, 1.54) is 12.1 Å². The average molecular weight is 285 g/mol. The van der Waals surface area contributed by atoms with E-state index in [1.54, 1.807) is 6.92 Å². The SMILES string of the molecule is CC1OCCC1(O)CNC(=O)Cc1cccc(F)c1F. The summed E-state index contributed by atoms with van der Waals surface area (Å²) in [6, 6.07) is 3.70. The van der Waals surface area contributed by atoms with Crippen LogP contribution in [0.2, 0.25) is 0 Å². The van der Waals surface area contributed by atoms with Gasteiger partial charge < -0.3 is 15.2 Å². The zero-order chi connectivity index (χ0) is 14.8. The fourth-order valence-electron chi connectivity index (χ4n) is 2.18. The molecule has 1 fully saturated rings. The standard InChI is InChI=1S/C14H17F2NO3/c1-9-14(19,5-6-20-9)8-17-12(18)7-10-3-2-4-11(15)13(10)16/h2-4,9,19H,5-8H2,1H3,(H,17,18). The van der Waals surface area contributed by atoms with Gasteiger partial charge in [0.15, 0.2) is 11.6 Å². The number of carbonyl (C=O) groups is 1. The molecule has 1 aliphatic rings. The molecular formula is C14H17F2NO3. The maximum Gasteiger partial charge on any atom is 0.224 e. The van der Waals surface area contributed by atoms with Crippen LogP contribution in [-0.2, 0) is 16.0 Å². The van der Waals surface area contributed by atoms with Crippen molar-refractivity contribution in [2.24, 2.45) is 0 Å². The Kier molecular flexibility index (Phi) is 4.35. The predicted octanol–water partition coefficient (Wildman–Crippen LogP) is 1.16. The summed E-state index contributed by atoms with van der Waals surface area (Å²) >= 11 is 0. The monoisotopic (exact) mass is 285 g/mol. The smallest absolute Gasteiger partial charge is 0.224 e. The lowest BCUT2D eigenvalue weighted by atomic mass is 9.96. The van der Waals surface area contributed by atoms with E-state index in [4.69, 9.17) is 4.74 Å². The second-order valence-corrected chi connectivity index (χ2v) is 5.03. The van der Waals surface area contributed by atoms with Crippen LogP contribution < -0.4 is 5.32 Å². The van der Waals surface area contributed by atoms with Gasteiger partial charge in [-0.1, -0.05) is 12.1 Å². The Morgan fingerprint density at radius 2 is 2.30 bits per heavy atom. The van der Waals surface area contributed by atoms with Gasteiger partial charge in [0.1, 0.15) is 5.60 Å². The van der Waals surface area contributed by atoms with Crippen LogP contribution in [-0.4, -0.2) is 35.9 Å². The summed E-state index contributed by atoms with van der Waals surface area (Å²) in [5.74, 6) is -2.47. The quantitative estimate of drug-likeness (QED) is 0.873. The molecule has 1 aromatic carbocycles. The van der Waals surface area contributed by atoms with E-state index in [9.17, 15) is 18.7 Å². The van der Waals surface area contributed by atoms with E-state index in [2.05, 4.69) is 5.32 Å². The van der Waals surface area contributed by atoms with Gasteiger partial charge in [-0.2, -0.15) is 0 Å². The third kappa shape index (κ3) is 3.13. The molecule has 2 unspecified atom stereocenters. The Labute approximate surface area is 115 Å². The van der Waals surface area contributed by atoms with Crippen molar-refractivity contribution in [3.63, 3.8) is 0 Å². The summed E-state index contributed by atoms with van der Waals surface area (Å²) in [5.41, 5.74) is -1.11. The minimum atomic E-state index is -1.10. The molecule has 0 saturated carbocycles. The summed E-state index contributed by atoms with van der Waals surface area (Å²) < 4.78 is 31.7. The van der Waals surface area contributed by atoms with Crippen molar-refractivity contribution in [3.8, 4) is 0 Å². The first-order valence-corrected chi connectivity index (χ1v) is 6.46. The van der Waals surface area contributed by atoms with Gasteiger partial charge in [-0.25, -0.2) is 8.78 Å². The Bertz CT molecular complexity index is 509. The second kappa shape index (κ2) is 5.85. The Morgan fingerprint density at radius 1 is 1.55 bits per heavy atom. The zero-order valence-corrected chi connectivity index (χ0v) is 11.2. The Balaban J connectivity index is 1.91. The lowest BCUT2D eigenvalue weighted by Crippen LogP contribution is -2.47. The van der Waals surface area contributed by atoms with Gasteiger partial charge in [0.25, 0.3) is 0 Å². The highest BCUT2D eigenvalue weighted by Gasteiger charge is 2.39. The van der Waals surface area contributed by atoms with E-state index in [0.717, 1.165) is 6.07 Å². The van der Waals surface area contributed by atoms with Crippen molar-refractivity contribution < 1.29 is 23.4 Å². The molecule has 1 aromatic rings. The van der Waals surface area contributed by atoms with Gasteiger partial charge in [-0.15, -0.1) is 0 Å². The Hall–Kier alpha value is -1.53. The number of rotatable bonds is 4. The fourth-order valence-corrected chi connectivity index (χ4v) is 2.18. The largest absolute Gasteiger partial charge is 0.385 e. The second-order valence-electron chi connectivity index (χ2n) is 5.03. The van der Waals surface area contributed by atoms with Crippen LogP contribution in [0.3, 0.4) is 0 Å². The molecule has 0 aliphatic carbocycles. The summed E-state index contributed by atoms with van der Waals surface area (Å²) in [7, 11) is 0. The number of aliphatic hydroxyl groups is 1. The first-order valence-electron chi connectivity index (χ1n) is 6.46. The summed E-state index contributed by atoms with van der Waals surface area (Å²) in [5, 5.41) is 12.7. The molecule has 20 heavy (non-hydrogen) atoms. The Morgan fingerprint density at radius 3 is 2.95 bits per heavy atom. The number of halogens is 2. The maximum absolute atomic E-state index is 13.4. The molecule has 6 heteroatoms. The number of hydrogen-bond donors (Lipinski definition) is 2. The molecule has 4 nitrogen and oxygen atoms in total. The summed E-state index contributed by atoms with van der Waals surface area (Å²) in [6.07, 6.45) is -0.203. The van der Waals surface area contributed by atoms with Gasteiger partial charge in [0.05, 0.1) is 12.5 Å². The van der Waals surface area contributed by atoms with E-state index in [1.807, 2.05) is 0 Å². The number of hydrogen-bond acceptors (Lipinski definition) is 3. The lowest BCUT2D eigenvalue weighted by Gasteiger charge is -2.26. The van der Waals surface area contributed by atoms with Crippen LogP contribution in [0, 0.1) is 11.6 Å². The number of ether oxygens (including phenoxy) is 1. The molecule has 0 aromatic heterocycles. The van der Waals surface area contributed by atoms with Crippen molar-refractivity contribution in [1.82, 2.24) is 5.32 Å². The van der Waals surface area contributed by atoms with Crippen LogP contribution >= 0.6 is 0 Å². The normalized spacial score (nSPS) is 25.7. The highest BCUT2D eigenvalue weighted by molar-refractivity contribution is 5.78. The van der Waals surface area contributed by atoms with Crippen molar-refractivity contribution >= 4 is 5.91 Å². The van der Waals surface area contributed by atoms with E-state index < -0.39 is 23.1 Å². The van der Waals surface area contributed by atoms with Crippen LogP contribution in [0.4, 0.5) is 8.78 Å². The van der Waals surface area contributed by atoms with E-state index in [0.29, 0.717) is 13.0 Å². The maximum atomic E-state index is 13.4. The van der Waals surface area contributed by atoms with Crippen LogP contribution in [0.15, 0.2) is 18.2 Å². The van der Waals surface area contributed by atoms with Gasteiger partial charge in [0.2, 0.25) is 5.91 Å². The molecule has 2 atom stereocenters. The zero-order valence-electron chi connectivity index (χ0n) is 11.2. The number of nitrogens with one attached hydrogen (secondary N) is 1.